The van der Waals surface area contributed by atoms with Crippen LogP contribution in [-0.2, 0) is 13.0 Å². The van der Waals surface area contributed by atoms with Gasteiger partial charge in [-0.25, -0.2) is 4.98 Å². The molecule has 4 rings (SSSR count). The molecule has 0 bridgehead atoms. The smallest absolute Gasteiger partial charge is 0.126 e. The van der Waals surface area contributed by atoms with Gasteiger partial charge in [-0.3, -0.25) is 0 Å². The normalized spacial score (nSPS) is 12.0. The number of nitrogens with zero attached hydrogens (tertiary/aromatic N) is 1. The maximum absolute atomic E-state index is 5.48. The van der Waals surface area contributed by atoms with Gasteiger partial charge in [0.05, 0.1) is 13.2 Å². The molecule has 0 spiro atoms. The van der Waals surface area contributed by atoms with Crippen LogP contribution in [-0.4, -0.2) is 12.1 Å². The molecule has 0 aliphatic heterocycles. The lowest BCUT2D eigenvalue weighted by atomic mass is 10.0. The molecule has 1 N–H and O–H groups in total. The summed E-state index contributed by atoms with van der Waals surface area (Å²) in [6, 6.07) is 19.2. The third-order valence-electron chi connectivity index (χ3n) is 4.69. The van der Waals surface area contributed by atoms with E-state index >= 15 is 0 Å². The molecule has 4 aromatic rings. The molecule has 2 heterocycles. The Hall–Kier alpha value is -2.47. The minimum absolute atomic E-state index is 0.225. The van der Waals surface area contributed by atoms with Crippen LogP contribution in [0.4, 0.5) is 0 Å². The largest absolute Gasteiger partial charge is 0.496 e. The van der Waals surface area contributed by atoms with E-state index in [1.807, 2.05) is 29.8 Å². The molecular weight excluding hydrogens is 384 g/mol. The van der Waals surface area contributed by atoms with Crippen molar-refractivity contribution in [2.75, 3.05) is 7.11 Å². The van der Waals surface area contributed by atoms with Crippen LogP contribution in [0.25, 0.3) is 11.1 Å². The van der Waals surface area contributed by atoms with E-state index in [2.05, 4.69) is 57.5 Å². The lowest BCUT2D eigenvalue weighted by molar-refractivity contribution is 0.416. The van der Waals surface area contributed by atoms with Crippen LogP contribution < -0.4 is 10.1 Å². The molecule has 1 unspecified atom stereocenters. The van der Waals surface area contributed by atoms with Crippen LogP contribution >= 0.6 is 22.7 Å². The predicted octanol–water partition coefficient (Wildman–Crippen LogP) is 5.95. The van der Waals surface area contributed by atoms with E-state index in [9.17, 15) is 0 Å². The Balaban J connectivity index is 1.46. The molecule has 2 aromatic carbocycles. The van der Waals surface area contributed by atoms with E-state index in [1.165, 1.54) is 11.1 Å². The summed E-state index contributed by atoms with van der Waals surface area (Å²) in [4.78, 5) is 4.53. The summed E-state index contributed by atoms with van der Waals surface area (Å²) < 4.78 is 5.48. The van der Waals surface area contributed by atoms with E-state index in [1.54, 1.807) is 29.8 Å². The zero-order valence-corrected chi connectivity index (χ0v) is 17.3. The number of para-hydroxylation sites is 1. The van der Waals surface area contributed by atoms with Crippen molar-refractivity contribution in [3.8, 4) is 16.9 Å². The second-order valence-electron chi connectivity index (χ2n) is 6.54. The highest BCUT2D eigenvalue weighted by molar-refractivity contribution is 7.09. The van der Waals surface area contributed by atoms with Crippen molar-refractivity contribution in [1.82, 2.24) is 10.3 Å². The summed E-state index contributed by atoms with van der Waals surface area (Å²) in [7, 11) is 1.71. The summed E-state index contributed by atoms with van der Waals surface area (Å²) in [5, 5.41) is 11.2. The van der Waals surface area contributed by atoms with Gasteiger partial charge in [-0.05, 0) is 46.0 Å². The maximum atomic E-state index is 5.48. The third kappa shape index (κ3) is 4.50. The highest BCUT2D eigenvalue weighted by Gasteiger charge is 2.15. The number of aromatic nitrogens is 1. The zero-order chi connectivity index (χ0) is 19.2. The Kier molecular flexibility index (Phi) is 6.17. The SMILES string of the molecule is COc1ccccc1-c1ccc(CNC(Cc2ccsc2)c2nccs2)cc1. The lowest BCUT2D eigenvalue weighted by Crippen LogP contribution is -2.22. The first kappa shape index (κ1) is 18.9. The summed E-state index contributed by atoms with van der Waals surface area (Å²) in [5.74, 6) is 0.896. The molecular formula is C23H22N2OS2. The van der Waals surface area contributed by atoms with Crippen LogP contribution in [0.3, 0.4) is 0 Å². The van der Waals surface area contributed by atoms with Gasteiger partial charge in [-0.2, -0.15) is 11.3 Å². The molecule has 0 saturated heterocycles. The fourth-order valence-corrected chi connectivity index (χ4v) is 4.62. The Bertz CT molecular complexity index is 980. The van der Waals surface area contributed by atoms with Gasteiger partial charge in [-0.15, -0.1) is 11.3 Å². The number of hydrogen-bond donors (Lipinski definition) is 1. The van der Waals surface area contributed by atoms with E-state index in [0.29, 0.717) is 0 Å². The molecule has 142 valence electrons. The number of methoxy groups -OCH3 is 1. The summed E-state index contributed by atoms with van der Waals surface area (Å²) >= 11 is 3.45. The molecule has 5 heteroatoms. The van der Waals surface area contributed by atoms with E-state index in [-0.39, 0.29) is 6.04 Å². The van der Waals surface area contributed by atoms with Gasteiger partial charge >= 0.3 is 0 Å². The molecule has 0 aliphatic carbocycles. The topological polar surface area (TPSA) is 34.1 Å². The van der Waals surface area contributed by atoms with E-state index in [0.717, 1.165) is 34.8 Å². The Morgan fingerprint density at radius 2 is 1.86 bits per heavy atom. The first-order valence-corrected chi connectivity index (χ1v) is 11.0. The summed E-state index contributed by atoms with van der Waals surface area (Å²) in [5.41, 5.74) is 4.88. The van der Waals surface area contributed by atoms with E-state index in [4.69, 9.17) is 4.74 Å². The van der Waals surface area contributed by atoms with Crippen LogP contribution in [0.5, 0.6) is 5.75 Å². The molecule has 0 radical (unpaired) electrons. The molecule has 1 atom stereocenters. The molecule has 28 heavy (non-hydrogen) atoms. The van der Waals surface area contributed by atoms with Crippen LogP contribution in [0.15, 0.2) is 76.9 Å². The summed E-state index contributed by atoms with van der Waals surface area (Å²) in [6.45, 7) is 0.806. The van der Waals surface area contributed by atoms with Crippen molar-refractivity contribution >= 4 is 22.7 Å². The molecule has 2 aromatic heterocycles. The second kappa shape index (κ2) is 9.15. The monoisotopic (exact) mass is 406 g/mol. The van der Waals surface area contributed by atoms with Gasteiger partial charge in [0.25, 0.3) is 0 Å². The highest BCUT2D eigenvalue weighted by Crippen LogP contribution is 2.29. The molecule has 0 saturated carbocycles. The highest BCUT2D eigenvalue weighted by atomic mass is 32.1. The van der Waals surface area contributed by atoms with Crippen molar-refractivity contribution in [3.63, 3.8) is 0 Å². The number of benzene rings is 2. The van der Waals surface area contributed by atoms with Crippen molar-refractivity contribution in [1.29, 1.82) is 0 Å². The standard InChI is InChI=1S/C23H22N2OS2/c1-26-22-5-3-2-4-20(22)19-8-6-17(7-9-19)15-25-21(23-24-11-13-28-23)14-18-10-12-27-16-18/h2-13,16,21,25H,14-15H2,1H3. The van der Waals surface area contributed by atoms with Gasteiger partial charge in [0, 0.05) is 23.7 Å². The minimum atomic E-state index is 0.225. The third-order valence-corrected chi connectivity index (χ3v) is 6.32. The average Bonchev–Trinajstić information content (AvgIpc) is 3.45. The molecule has 3 nitrogen and oxygen atoms in total. The first-order valence-electron chi connectivity index (χ1n) is 9.19. The average molecular weight is 407 g/mol. The molecule has 0 amide bonds. The van der Waals surface area contributed by atoms with Crippen molar-refractivity contribution in [2.45, 2.75) is 19.0 Å². The maximum Gasteiger partial charge on any atom is 0.126 e. The molecule has 0 fully saturated rings. The fraction of sp³-hybridized carbons (Fsp3) is 0.174. The van der Waals surface area contributed by atoms with Crippen LogP contribution in [0, 0.1) is 0 Å². The zero-order valence-electron chi connectivity index (χ0n) is 15.7. The van der Waals surface area contributed by atoms with Crippen molar-refractivity contribution in [2.24, 2.45) is 0 Å². The number of thiophene rings is 1. The summed E-state index contributed by atoms with van der Waals surface area (Å²) in [6.07, 6.45) is 2.83. The van der Waals surface area contributed by atoms with Crippen molar-refractivity contribution in [3.05, 3.63) is 93.1 Å². The molecule has 0 aliphatic rings. The van der Waals surface area contributed by atoms with Gasteiger partial charge in [0.15, 0.2) is 0 Å². The fourth-order valence-electron chi connectivity index (χ4n) is 3.22. The number of hydrogen-bond acceptors (Lipinski definition) is 5. The van der Waals surface area contributed by atoms with Gasteiger partial charge in [-0.1, -0.05) is 42.5 Å². The Morgan fingerprint density at radius 3 is 2.57 bits per heavy atom. The minimum Gasteiger partial charge on any atom is -0.496 e. The number of nitrogens with one attached hydrogen (secondary N) is 1. The van der Waals surface area contributed by atoms with Crippen LogP contribution in [0.1, 0.15) is 22.2 Å². The van der Waals surface area contributed by atoms with Gasteiger partial charge in [0.1, 0.15) is 10.8 Å². The van der Waals surface area contributed by atoms with Gasteiger partial charge in [0.2, 0.25) is 0 Å². The van der Waals surface area contributed by atoms with Crippen LogP contribution in [0.2, 0.25) is 0 Å². The predicted molar refractivity (Wildman–Crippen MR) is 118 cm³/mol. The van der Waals surface area contributed by atoms with E-state index < -0.39 is 0 Å². The number of rotatable bonds is 8. The second-order valence-corrected chi connectivity index (χ2v) is 8.24. The van der Waals surface area contributed by atoms with Gasteiger partial charge < -0.3 is 10.1 Å². The van der Waals surface area contributed by atoms with Crippen molar-refractivity contribution < 1.29 is 4.74 Å². The number of ether oxygens (including phenoxy) is 1. The lowest BCUT2D eigenvalue weighted by Gasteiger charge is -2.16. The Labute approximate surface area is 173 Å². The quantitative estimate of drug-likeness (QED) is 0.392. The first-order chi connectivity index (χ1) is 13.8. The Morgan fingerprint density at radius 1 is 1.00 bits per heavy atom. The number of thiazole rings is 1.